The van der Waals surface area contributed by atoms with Crippen LogP contribution in [-0.4, -0.2) is 18.0 Å². The van der Waals surface area contributed by atoms with Crippen LogP contribution < -0.4 is 10.6 Å². The van der Waals surface area contributed by atoms with Gasteiger partial charge in [0.2, 0.25) is 5.91 Å². The Morgan fingerprint density at radius 2 is 1.83 bits per heavy atom. The van der Waals surface area contributed by atoms with Gasteiger partial charge in [-0.1, -0.05) is 0 Å². The van der Waals surface area contributed by atoms with E-state index in [9.17, 15) is 4.79 Å². The molecule has 0 aliphatic rings. The first-order valence-electron chi connectivity index (χ1n) is 6.44. The standard InChI is InChI=1S/C14H24N2OS/c1-8(2)15-14(17)11(5)16-10(4)13-7-9(3)18-12(13)6/h7-8,10-11,16H,1-6H3,(H,15,17). The number of rotatable bonds is 5. The second-order valence-electron chi connectivity index (χ2n) is 5.14. The molecule has 1 heterocycles. The van der Waals surface area contributed by atoms with Crippen LogP contribution in [0.1, 0.15) is 49.1 Å². The van der Waals surface area contributed by atoms with E-state index >= 15 is 0 Å². The van der Waals surface area contributed by atoms with Gasteiger partial charge in [-0.05, 0) is 53.2 Å². The number of nitrogens with one attached hydrogen (secondary N) is 2. The predicted octanol–water partition coefficient (Wildman–Crippen LogP) is 2.93. The zero-order valence-corrected chi connectivity index (χ0v) is 12.9. The fraction of sp³-hybridized carbons (Fsp3) is 0.643. The number of thiophene rings is 1. The van der Waals surface area contributed by atoms with Crippen LogP contribution in [0.3, 0.4) is 0 Å². The SMILES string of the molecule is Cc1cc(C(C)NC(C)C(=O)NC(C)C)c(C)s1. The van der Waals surface area contributed by atoms with Gasteiger partial charge in [0.1, 0.15) is 0 Å². The number of carbonyl (C=O) groups is 1. The van der Waals surface area contributed by atoms with Gasteiger partial charge in [0.05, 0.1) is 6.04 Å². The van der Waals surface area contributed by atoms with Gasteiger partial charge in [-0.25, -0.2) is 0 Å². The molecule has 3 nitrogen and oxygen atoms in total. The van der Waals surface area contributed by atoms with Crippen LogP contribution in [0.2, 0.25) is 0 Å². The highest BCUT2D eigenvalue weighted by atomic mass is 32.1. The van der Waals surface area contributed by atoms with Crippen molar-refractivity contribution in [2.24, 2.45) is 0 Å². The lowest BCUT2D eigenvalue weighted by Gasteiger charge is -2.21. The highest BCUT2D eigenvalue weighted by molar-refractivity contribution is 7.12. The smallest absolute Gasteiger partial charge is 0.237 e. The normalized spacial score (nSPS) is 14.6. The van der Waals surface area contributed by atoms with Crippen molar-refractivity contribution in [2.75, 3.05) is 0 Å². The van der Waals surface area contributed by atoms with Gasteiger partial charge < -0.3 is 5.32 Å². The van der Waals surface area contributed by atoms with Crippen molar-refractivity contribution in [3.05, 3.63) is 21.4 Å². The molecular formula is C14H24N2OS. The molecule has 0 aromatic carbocycles. The molecule has 0 saturated heterocycles. The molecule has 18 heavy (non-hydrogen) atoms. The maximum atomic E-state index is 11.8. The Bertz CT molecular complexity index is 412. The first-order chi connectivity index (χ1) is 8.31. The number of hydrogen-bond donors (Lipinski definition) is 2. The Labute approximate surface area is 114 Å². The van der Waals surface area contributed by atoms with E-state index in [0.29, 0.717) is 0 Å². The summed E-state index contributed by atoms with van der Waals surface area (Å²) in [5.41, 5.74) is 1.29. The second-order valence-corrected chi connectivity index (χ2v) is 6.60. The van der Waals surface area contributed by atoms with Crippen molar-refractivity contribution in [3.8, 4) is 0 Å². The van der Waals surface area contributed by atoms with Crippen LogP contribution in [0.25, 0.3) is 0 Å². The average molecular weight is 268 g/mol. The van der Waals surface area contributed by atoms with Crippen LogP contribution in [0, 0.1) is 13.8 Å². The largest absolute Gasteiger partial charge is 0.353 e. The topological polar surface area (TPSA) is 41.1 Å². The third kappa shape index (κ3) is 4.10. The molecule has 1 aromatic heterocycles. The first-order valence-corrected chi connectivity index (χ1v) is 7.26. The Hall–Kier alpha value is -0.870. The molecule has 0 fully saturated rings. The van der Waals surface area contributed by atoms with Gasteiger partial charge in [0, 0.05) is 21.8 Å². The molecular weight excluding hydrogens is 244 g/mol. The first kappa shape index (κ1) is 15.2. The van der Waals surface area contributed by atoms with E-state index in [0.717, 1.165) is 0 Å². The maximum Gasteiger partial charge on any atom is 0.237 e. The summed E-state index contributed by atoms with van der Waals surface area (Å²) in [6.45, 7) is 12.2. The van der Waals surface area contributed by atoms with Crippen LogP contribution in [0.4, 0.5) is 0 Å². The van der Waals surface area contributed by atoms with Crippen molar-refractivity contribution in [2.45, 2.75) is 59.7 Å². The summed E-state index contributed by atoms with van der Waals surface area (Å²) >= 11 is 1.80. The lowest BCUT2D eigenvalue weighted by atomic mass is 10.1. The number of aryl methyl sites for hydroxylation is 2. The summed E-state index contributed by atoms with van der Waals surface area (Å²) in [5.74, 6) is 0.0569. The summed E-state index contributed by atoms with van der Waals surface area (Å²) < 4.78 is 0. The van der Waals surface area contributed by atoms with E-state index in [4.69, 9.17) is 0 Å². The van der Waals surface area contributed by atoms with E-state index in [1.807, 2.05) is 20.8 Å². The molecule has 2 atom stereocenters. The quantitative estimate of drug-likeness (QED) is 0.862. The van der Waals surface area contributed by atoms with Gasteiger partial charge in [-0.15, -0.1) is 11.3 Å². The summed E-state index contributed by atoms with van der Waals surface area (Å²) in [4.78, 5) is 14.5. The van der Waals surface area contributed by atoms with E-state index in [1.165, 1.54) is 15.3 Å². The lowest BCUT2D eigenvalue weighted by Crippen LogP contribution is -2.45. The van der Waals surface area contributed by atoms with Crippen LogP contribution in [-0.2, 0) is 4.79 Å². The minimum Gasteiger partial charge on any atom is -0.353 e. The fourth-order valence-corrected chi connectivity index (χ4v) is 3.05. The Balaban J connectivity index is 2.62. The predicted molar refractivity (Wildman–Crippen MR) is 78.1 cm³/mol. The zero-order chi connectivity index (χ0) is 13.9. The molecule has 2 unspecified atom stereocenters. The molecule has 1 amide bonds. The van der Waals surface area contributed by atoms with E-state index in [2.05, 4.69) is 37.5 Å². The van der Waals surface area contributed by atoms with Crippen LogP contribution in [0.15, 0.2) is 6.07 Å². The van der Waals surface area contributed by atoms with Crippen molar-refractivity contribution in [3.63, 3.8) is 0 Å². The molecule has 4 heteroatoms. The van der Waals surface area contributed by atoms with Crippen molar-refractivity contribution in [1.29, 1.82) is 0 Å². The lowest BCUT2D eigenvalue weighted by molar-refractivity contribution is -0.123. The summed E-state index contributed by atoms with van der Waals surface area (Å²) in [7, 11) is 0. The van der Waals surface area contributed by atoms with Crippen LogP contribution in [0.5, 0.6) is 0 Å². The van der Waals surface area contributed by atoms with Crippen molar-refractivity contribution >= 4 is 17.2 Å². The maximum absolute atomic E-state index is 11.8. The number of carbonyl (C=O) groups excluding carboxylic acids is 1. The molecule has 0 spiro atoms. The van der Waals surface area contributed by atoms with Gasteiger partial charge >= 0.3 is 0 Å². The van der Waals surface area contributed by atoms with Gasteiger partial charge in [0.15, 0.2) is 0 Å². The summed E-state index contributed by atoms with van der Waals surface area (Å²) in [6, 6.07) is 2.40. The number of hydrogen-bond acceptors (Lipinski definition) is 3. The molecule has 2 N–H and O–H groups in total. The Morgan fingerprint density at radius 3 is 2.28 bits per heavy atom. The summed E-state index contributed by atoms with van der Waals surface area (Å²) in [6.07, 6.45) is 0. The van der Waals surface area contributed by atoms with Gasteiger partial charge in [-0.3, -0.25) is 10.1 Å². The minimum absolute atomic E-state index is 0.0569. The van der Waals surface area contributed by atoms with Crippen LogP contribution >= 0.6 is 11.3 Å². The van der Waals surface area contributed by atoms with Crippen molar-refractivity contribution in [1.82, 2.24) is 10.6 Å². The van der Waals surface area contributed by atoms with E-state index in [1.54, 1.807) is 11.3 Å². The zero-order valence-electron chi connectivity index (χ0n) is 12.1. The third-order valence-corrected chi connectivity index (χ3v) is 3.85. The van der Waals surface area contributed by atoms with E-state index in [-0.39, 0.29) is 24.0 Å². The fourth-order valence-electron chi connectivity index (χ4n) is 2.03. The monoisotopic (exact) mass is 268 g/mol. The minimum atomic E-state index is -0.179. The molecule has 0 saturated carbocycles. The molecule has 0 aliphatic carbocycles. The van der Waals surface area contributed by atoms with Crippen molar-refractivity contribution < 1.29 is 4.79 Å². The van der Waals surface area contributed by atoms with E-state index < -0.39 is 0 Å². The molecule has 0 radical (unpaired) electrons. The molecule has 0 bridgehead atoms. The molecule has 1 aromatic rings. The number of amides is 1. The highest BCUT2D eigenvalue weighted by Crippen LogP contribution is 2.26. The molecule has 0 aliphatic heterocycles. The molecule has 1 rings (SSSR count). The second kappa shape index (κ2) is 6.34. The highest BCUT2D eigenvalue weighted by Gasteiger charge is 2.18. The third-order valence-electron chi connectivity index (χ3n) is 2.87. The Morgan fingerprint density at radius 1 is 1.22 bits per heavy atom. The van der Waals surface area contributed by atoms with Gasteiger partial charge in [0.25, 0.3) is 0 Å². The van der Waals surface area contributed by atoms with Gasteiger partial charge in [-0.2, -0.15) is 0 Å². The Kier molecular flexibility index (Phi) is 5.35. The summed E-state index contributed by atoms with van der Waals surface area (Å²) in [5, 5.41) is 6.27. The molecule has 102 valence electrons. The average Bonchev–Trinajstić information content (AvgIpc) is 2.56.